The molecule has 2 fully saturated rings. The van der Waals surface area contributed by atoms with Crippen molar-refractivity contribution in [1.29, 1.82) is 0 Å². The smallest absolute Gasteiger partial charge is 0.303 e. The Bertz CT molecular complexity index is 327. The van der Waals surface area contributed by atoms with Gasteiger partial charge in [-0.05, 0) is 44.7 Å². The molecule has 0 aromatic heterocycles. The second-order valence-electron chi connectivity index (χ2n) is 5.74. The van der Waals surface area contributed by atoms with E-state index in [-0.39, 0.29) is 18.2 Å². The van der Waals surface area contributed by atoms with Gasteiger partial charge in [-0.1, -0.05) is 0 Å². The summed E-state index contributed by atoms with van der Waals surface area (Å²) in [5.74, 6) is -0.416. The standard InChI is InChI=1S/C14H24N2O3/c17-13(5-9-15-6-1-2-7-15)16-8-3-4-12(11-16)10-14(18)19/h12H,1-11H2,(H,18,19). The van der Waals surface area contributed by atoms with E-state index in [4.69, 9.17) is 5.11 Å². The highest BCUT2D eigenvalue weighted by Gasteiger charge is 2.25. The number of carbonyl (C=O) groups excluding carboxylic acids is 1. The largest absolute Gasteiger partial charge is 0.481 e. The maximum Gasteiger partial charge on any atom is 0.303 e. The van der Waals surface area contributed by atoms with Gasteiger partial charge < -0.3 is 14.9 Å². The highest BCUT2D eigenvalue weighted by Crippen LogP contribution is 2.20. The summed E-state index contributed by atoms with van der Waals surface area (Å²) in [5, 5.41) is 8.83. The molecule has 1 amide bonds. The normalized spacial score (nSPS) is 24.6. The molecule has 2 rings (SSSR count). The number of piperidine rings is 1. The average molecular weight is 268 g/mol. The van der Waals surface area contributed by atoms with E-state index in [2.05, 4.69) is 4.90 Å². The Kier molecular flexibility index (Phi) is 5.19. The average Bonchev–Trinajstić information content (AvgIpc) is 2.88. The lowest BCUT2D eigenvalue weighted by Gasteiger charge is -2.32. The van der Waals surface area contributed by atoms with E-state index in [9.17, 15) is 9.59 Å². The van der Waals surface area contributed by atoms with Gasteiger partial charge in [-0.25, -0.2) is 0 Å². The molecule has 2 heterocycles. The molecule has 2 aliphatic heterocycles. The number of carboxylic acid groups (broad SMARTS) is 1. The van der Waals surface area contributed by atoms with Gasteiger partial charge in [0.1, 0.15) is 0 Å². The number of aliphatic carboxylic acids is 1. The Balaban J connectivity index is 1.73. The first-order chi connectivity index (χ1) is 9.15. The first-order valence-corrected chi connectivity index (χ1v) is 7.37. The fraction of sp³-hybridized carbons (Fsp3) is 0.857. The van der Waals surface area contributed by atoms with Crippen LogP contribution < -0.4 is 0 Å². The van der Waals surface area contributed by atoms with Gasteiger partial charge >= 0.3 is 5.97 Å². The van der Waals surface area contributed by atoms with Crippen LogP contribution in [-0.4, -0.2) is 59.5 Å². The Hall–Kier alpha value is -1.10. The van der Waals surface area contributed by atoms with Crippen molar-refractivity contribution in [3.63, 3.8) is 0 Å². The number of carbonyl (C=O) groups is 2. The fourth-order valence-corrected chi connectivity index (χ4v) is 3.12. The van der Waals surface area contributed by atoms with E-state index < -0.39 is 5.97 Å². The Morgan fingerprint density at radius 3 is 2.53 bits per heavy atom. The maximum absolute atomic E-state index is 12.1. The summed E-state index contributed by atoms with van der Waals surface area (Å²) in [6.07, 6.45) is 5.14. The van der Waals surface area contributed by atoms with Gasteiger partial charge in [0, 0.05) is 32.5 Å². The van der Waals surface area contributed by atoms with E-state index in [1.165, 1.54) is 12.8 Å². The summed E-state index contributed by atoms with van der Waals surface area (Å²) in [4.78, 5) is 27.1. The van der Waals surface area contributed by atoms with Gasteiger partial charge in [-0.3, -0.25) is 9.59 Å². The molecule has 0 aliphatic carbocycles. The quantitative estimate of drug-likeness (QED) is 0.813. The van der Waals surface area contributed by atoms with Crippen LogP contribution in [0.2, 0.25) is 0 Å². The SMILES string of the molecule is O=C(O)CC1CCCN(C(=O)CCN2CCCC2)C1. The number of rotatable bonds is 5. The highest BCUT2D eigenvalue weighted by atomic mass is 16.4. The first kappa shape index (κ1) is 14.3. The Morgan fingerprint density at radius 2 is 1.84 bits per heavy atom. The number of hydrogen-bond acceptors (Lipinski definition) is 3. The topological polar surface area (TPSA) is 60.9 Å². The second-order valence-corrected chi connectivity index (χ2v) is 5.74. The molecule has 0 aromatic rings. The molecule has 108 valence electrons. The highest BCUT2D eigenvalue weighted by molar-refractivity contribution is 5.76. The van der Waals surface area contributed by atoms with Gasteiger partial charge in [0.15, 0.2) is 0 Å². The molecule has 19 heavy (non-hydrogen) atoms. The van der Waals surface area contributed by atoms with Gasteiger partial charge in [-0.2, -0.15) is 0 Å². The van der Waals surface area contributed by atoms with Crippen LogP contribution in [0.5, 0.6) is 0 Å². The molecule has 0 bridgehead atoms. The minimum absolute atomic E-state index is 0.141. The third-order valence-electron chi connectivity index (χ3n) is 4.18. The van der Waals surface area contributed by atoms with Gasteiger partial charge in [0.25, 0.3) is 0 Å². The third kappa shape index (κ3) is 4.49. The minimum Gasteiger partial charge on any atom is -0.481 e. The van der Waals surface area contributed by atoms with Crippen LogP contribution in [0.4, 0.5) is 0 Å². The van der Waals surface area contributed by atoms with Crippen molar-refractivity contribution >= 4 is 11.9 Å². The van der Waals surface area contributed by atoms with Crippen molar-refractivity contribution in [2.75, 3.05) is 32.7 Å². The molecule has 0 spiro atoms. The summed E-state index contributed by atoms with van der Waals surface area (Å²) in [6.45, 7) is 4.53. The molecule has 1 atom stereocenters. The molecule has 1 N–H and O–H groups in total. The van der Waals surface area contributed by atoms with Crippen LogP contribution in [0.1, 0.15) is 38.5 Å². The van der Waals surface area contributed by atoms with Crippen molar-refractivity contribution in [3.05, 3.63) is 0 Å². The second kappa shape index (κ2) is 6.89. The number of amides is 1. The first-order valence-electron chi connectivity index (χ1n) is 7.37. The van der Waals surface area contributed by atoms with Crippen molar-refractivity contribution < 1.29 is 14.7 Å². The number of likely N-dealkylation sites (tertiary alicyclic amines) is 2. The van der Waals surface area contributed by atoms with Crippen LogP contribution in [-0.2, 0) is 9.59 Å². The predicted octanol–water partition coefficient (Wildman–Crippen LogP) is 1.19. The predicted molar refractivity (Wildman–Crippen MR) is 71.8 cm³/mol. The van der Waals surface area contributed by atoms with Crippen LogP contribution in [0.3, 0.4) is 0 Å². The molecule has 2 aliphatic rings. The molecule has 0 aromatic carbocycles. The molecular weight excluding hydrogens is 244 g/mol. The van der Waals surface area contributed by atoms with Crippen molar-refractivity contribution in [2.24, 2.45) is 5.92 Å². The number of nitrogens with zero attached hydrogens (tertiary/aromatic N) is 2. The fourth-order valence-electron chi connectivity index (χ4n) is 3.12. The van der Waals surface area contributed by atoms with E-state index in [1.54, 1.807) is 0 Å². The van der Waals surface area contributed by atoms with Gasteiger partial charge in [-0.15, -0.1) is 0 Å². The van der Waals surface area contributed by atoms with E-state index in [0.29, 0.717) is 13.0 Å². The van der Waals surface area contributed by atoms with Crippen LogP contribution in [0, 0.1) is 5.92 Å². The zero-order chi connectivity index (χ0) is 13.7. The molecule has 0 radical (unpaired) electrons. The summed E-state index contributed by atoms with van der Waals surface area (Å²) in [7, 11) is 0. The van der Waals surface area contributed by atoms with Crippen molar-refractivity contribution in [3.8, 4) is 0 Å². The lowest BCUT2D eigenvalue weighted by Crippen LogP contribution is -2.41. The molecule has 2 saturated heterocycles. The molecule has 5 nitrogen and oxygen atoms in total. The van der Waals surface area contributed by atoms with Crippen LogP contribution in [0.25, 0.3) is 0 Å². The Labute approximate surface area is 114 Å². The lowest BCUT2D eigenvalue weighted by atomic mass is 9.94. The molecule has 1 unspecified atom stereocenters. The number of hydrogen-bond donors (Lipinski definition) is 1. The molecule has 0 saturated carbocycles. The van der Waals surface area contributed by atoms with Crippen molar-refractivity contribution in [1.82, 2.24) is 9.80 Å². The zero-order valence-electron chi connectivity index (χ0n) is 11.5. The minimum atomic E-state index is -0.753. The van der Waals surface area contributed by atoms with Crippen LogP contribution in [0.15, 0.2) is 0 Å². The Morgan fingerprint density at radius 1 is 1.11 bits per heavy atom. The summed E-state index contributed by atoms with van der Waals surface area (Å²) < 4.78 is 0. The van der Waals surface area contributed by atoms with Crippen molar-refractivity contribution in [2.45, 2.75) is 38.5 Å². The maximum atomic E-state index is 12.1. The monoisotopic (exact) mass is 268 g/mol. The molecule has 5 heteroatoms. The van der Waals surface area contributed by atoms with Crippen LogP contribution >= 0.6 is 0 Å². The lowest BCUT2D eigenvalue weighted by molar-refractivity contribution is -0.140. The van der Waals surface area contributed by atoms with E-state index >= 15 is 0 Å². The summed E-state index contributed by atoms with van der Waals surface area (Å²) in [5.41, 5.74) is 0. The van der Waals surface area contributed by atoms with E-state index in [1.807, 2.05) is 4.90 Å². The summed E-state index contributed by atoms with van der Waals surface area (Å²) >= 11 is 0. The molecular formula is C14H24N2O3. The summed E-state index contributed by atoms with van der Waals surface area (Å²) in [6, 6.07) is 0. The third-order valence-corrected chi connectivity index (χ3v) is 4.18. The zero-order valence-corrected chi connectivity index (χ0v) is 11.5. The van der Waals surface area contributed by atoms with Gasteiger partial charge in [0.2, 0.25) is 5.91 Å². The van der Waals surface area contributed by atoms with Gasteiger partial charge in [0.05, 0.1) is 0 Å². The number of carboxylic acids is 1. The van der Waals surface area contributed by atoms with E-state index in [0.717, 1.165) is 39.0 Å².